The van der Waals surface area contributed by atoms with E-state index in [-0.39, 0.29) is 6.61 Å². The third-order valence-corrected chi connectivity index (χ3v) is 0.882. The van der Waals surface area contributed by atoms with E-state index in [2.05, 4.69) is 4.74 Å². The molecule has 66 valence electrons. The maximum absolute atomic E-state index is 10.3. The van der Waals surface area contributed by atoms with E-state index in [1.807, 2.05) is 0 Å². The van der Waals surface area contributed by atoms with Gasteiger partial charge in [-0.3, -0.25) is 0 Å². The lowest BCUT2D eigenvalue weighted by atomic mass is 10.7. The predicted molar refractivity (Wildman–Crippen MR) is 37.9 cm³/mol. The average Bonchev–Trinajstić information content (AvgIpc) is 2.04. The minimum atomic E-state index is -0.638. The lowest BCUT2D eigenvalue weighted by molar-refractivity contribution is -0.148. The summed E-state index contributed by atoms with van der Waals surface area (Å²) in [4.78, 5) is 10.3. The Balaban J connectivity index is 2.95. The highest BCUT2D eigenvalue weighted by Gasteiger charge is 1.97. The Morgan fingerprint density at radius 1 is 1.36 bits per heavy atom. The van der Waals surface area contributed by atoms with Gasteiger partial charge in [0.1, 0.15) is 13.2 Å². The molecule has 0 atom stereocenters. The minimum absolute atomic E-state index is 0.166. The number of ether oxygens (including phenoxy) is 2. The zero-order valence-electron chi connectivity index (χ0n) is 6.28. The van der Waals surface area contributed by atoms with Crippen molar-refractivity contribution in [1.82, 2.24) is 0 Å². The van der Waals surface area contributed by atoms with Crippen molar-refractivity contribution in [1.29, 1.82) is 0 Å². The van der Waals surface area contributed by atoms with E-state index >= 15 is 0 Å². The van der Waals surface area contributed by atoms with Crippen LogP contribution in [0.5, 0.6) is 0 Å². The monoisotopic (exact) mass is 163 g/mol. The highest BCUT2D eigenvalue weighted by atomic mass is 16.6. The van der Waals surface area contributed by atoms with Crippen molar-refractivity contribution in [3.8, 4) is 0 Å². The Morgan fingerprint density at radius 3 is 2.64 bits per heavy atom. The maximum atomic E-state index is 10.3. The SMILES string of the molecule is NCCOCCOC(=O)CO. The van der Waals surface area contributed by atoms with Gasteiger partial charge < -0.3 is 20.3 Å². The van der Waals surface area contributed by atoms with Crippen molar-refractivity contribution >= 4 is 5.97 Å². The molecule has 0 amide bonds. The van der Waals surface area contributed by atoms with E-state index in [0.29, 0.717) is 19.8 Å². The summed E-state index contributed by atoms with van der Waals surface area (Å²) in [6, 6.07) is 0. The van der Waals surface area contributed by atoms with Crippen LogP contribution in [0.1, 0.15) is 0 Å². The van der Waals surface area contributed by atoms with Crippen LogP contribution in [0.25, 0.3) is 0 Å². The lowest BCUT2D eigenvalue weighted by Gasteiger charge is -2.02. The Morgan fingerprint density at radius 2 is 2.09 bits per heavy atom. The van der Waals surface area contributed by atoms with E-state index in [1.165, 1.54) is 0 Å². The van der Waals surface area contributed by atoms with Crippen molar-refractivity contribution in [2.75, 3.05) is 33.0 Å². The molecule has 0 rings (SSSR count). The van der Waals surface area contributed by atoms with Crippen LogP contribution in [0.3, 0.4) is 0 Å². The third-order valence-electron chi connectivity index (χ3n) is 0.882. The summed E-state index contributed by atoms with van der Waals surface area (Å²) in [5.74, 6) is -0.638. The molecule has 0 aliphatic carbocycles. The smallest absolute Gasteiger partial charge is 0.331 e. The molecule has 0 aliphatic heterocycles. The molecule has 0 aromatic carbocycles. The van der Waals surface area contributed by atoms with Crippen LogP contribution in [-0.4, -0.2) is 44.0 Å². The van der Waals surface area contributed by atoms with Gasteiger partial charge in [-0.15, -0.1) is 0 Å². The van der Waals surface area contributed by atoms with Gasteiger partial charge in [-0.25, -0.2) is 4.79 Å². The van der Waals surface area contributed by atoms with Gasteiger partial charge in [-0.2, -0.15) is 0 Å². The van der Waals surface area contributed by atoms with Gasteiger partial charge in [0, 0.05) is 6.54 Å². The Hall–Kier alpha value is -0.650. The van der Waals surface area contributed by atoms with Gasteiger partial charge in [0.05, 0.1) is 13.2 Å². The van der Waals surface area contributed by atoms with Crippen molar-refractivity contribution in [3.63, 3.8) is 0 Å². The van der Waals surface area contributed by atoms with E-state index in [0.717, 1.165) is 0 Å². The van der Waals surface area contributed by atoms with Crippen LogP contribution in [0.4, 0.5) is 0 Å². The molecular weight excluding hydrogens is 150 g/mol. The van der Waals surface area contributed by atoms with Crippen LogP contribution >= 0.6 is 0 Å². The van der Waals surface area contributed by atoms with E-state index in [1.54, 1.807) is 0 Å². The quantitative estimate of drug-likeness (QED) is 0.368. The first kappa shape index (κ1) is 10.3. The van der Waals surface area contributed by atoms with Gasteiger partial charge in [0.2, 0.25) is 0 Å². The molecule has 3 N–H and O–H groups in total. The first-order valence-electron chi connectivity index (χ1n) is 3.35. The summed E-state index contributed by atoms with van der Waals surface area (Å²) in [5.41, 5.74) is 5.12. The molecule has 0 aromatic rings. The van der Waals surface area contributed by atoms with Gasteiger partial charge >= 0.3 is 5.97 Å². The number of hydrogen-bond donors (Lipinski definition) is 2. The topological polar surface area (TPSA) is 81.8 Å². The van der Waals surface area contributed by atoms with Crippen molar-refractivity contribution in [3.05, 3.63) is 0 Å². The molecule has 11 heavy (non-hydrogen) atoms. The molecule has 0 radical (unpaired) electrons. The van der Waals surface area contributed by atoms with Gasteiger partial charge in [-0.1, -0.05) is 0 Å². The lowest BCUT2D eigenvalue weighted by Crippen LogP contribution is -2.15. The molecular formula is C6H13NO4. The second-order valence-electron chi connectivity index (χ2n) is 1.78. The van der Waals surface area contributed by atoms with Crippen LogP contribution in [-0.2, 0) is 14.3 Å². The van der Waals surface area contributed by atoms with Crippen molar-refractivity contribution in [2.24, 2.45) is 5.73 Å². The molecule has 5 heteroatoms. The number of carbonyl (C=O) groups is 1. The van der Waals surface area contributed by atoms with Crippen molar-refractivity contribution < 1.29 is 19.4 Å². The summed E-state index contributed by atoms with van der Waals surface area (Å²) >= 11 is 0. The van der Waals surface area contributed by atoms with Gasteiger partial charge in [0.25, 0.3) is 0 Å². The van der Waals surface area contributed by atoms with Gasteiger partial charge in [0.15, 0.2) is 0 Å². The zero-order valence-corrected chi connectivity index (χ0v) is 6.28. The molecule has 0 saturated carbocycles. The summed E-state index contributed by atoms with van der Waals surface area (Å²) in [6.07, 6.45) is 0. The number of nitrogens with two attached hydrogens (primary N) is 1. The predicted octanol–water partition coefficient (Wildman–Crippen LogP) is -1.50. The number of rotatable bonds is 6. The van der Waals surface area contributed by atoms with E-state index in [4.69, 9.17) is 15.6 Å². The molecule has 0 aromatic heterocycles. The summed E-state index contributed by atoms with van der Waals surface area (Å²) in [7, 11) is 0. The van der Waals surface area contributed by atoms with Gasteiger partial charge in [-0.05, 0) is 0 Å². The Labute approximate surface area is 65.1 Å². The highest BCUT2D eigenvalue weighted by molar-refractivity contribution is 5.70. The second kappa shape index (κ2) is 7.46. The second-order valence-corrected chi connectivity index (χ2v) is 1.78. The fraction of sp³-hybridized carbons (Fsp3) is 0.833. The van der Waals surface area contributed by atoms with Crippen molar-refractivity contribution in [2.45, 2.75) is 0 Å². The summed E-state index contributed by atoms with van der Waals surface area (Å²) in [5, 5.41) is 8.20. The molecule has 0 spiro atoms. The first-order chi connectivity index (χ1) is 5.31. The maximum Gasteiger partial charge on any atom is 0.331 e. The fourth-order valence-electron chi connectivity index (χ4n) is 0.445. The molecule has 0 fully saturated rings. The van der Waals surface area contributed by atoms with Crippen LogP contribution in [0.2, 0.25) is 0 Å². The van der Waals surface area contributed by atoms with E-state index in [9.17, 15) is 4.79 Å². The minimum Gasteiger partial charge on any atom is -0.462 e. The standard InChI is InChI=1S/C6H13NO4/c7-1-2-10-3-4-11-6(9)5-8/h8H,1-5,7H2. The molecule has 0 saturated heterocycles. The average molecular weight is 163 g/mol. The summed E-state index contributed by atoms with van der Waals surface area (Å²) in [6.45, 7) is 0.809. The fourth-order valence-corrected chi connectivity index (χ4v) is 0.445. The number of aliphatic hydroxyl groups excluding tert-OH is 1. The normalized spacial score (nSPS) is 9.64. The number of carbonyl (C=O) groups excluding carboxylic acids is 1. The number of aliphatic hydroxyl groups is 1. The molecule has 0 heterocycles. The number of esters is 1. The zero-order chi connectivity index (χ0) is 8.53. The molecule has 0 aliphatic rings. The van der Waals surface area contributed by atoms with Crippen LogP contribution in [0, 0.1) is 0 Å². The Bertz CT molecular complexity index is 107. The first-order valence-corrected chi connectivity index (χ1v) is 3.35. The Kier molecular flexibility index (Phi) is 7.02. The molecule has 0 bridgehead atoms. The largest absolute Gasteiger partial charge is 0.462 e. The number of hydrogen-bond acceptors (Lipinski definition) is 5. The molecule has 0 unspecified atom stereocenters. The van der Waals surface area contributed by atoms with Crippen LogP contribution in [0.15, 0.2) is 0 Å². The van der Waals surface area contributed by atoms with E-state index < -0.39 is 12.6 Å². The highest BCUT2D eigenvalue weighted by Crippen LogP contribution is 1.78. The molecule has 5 nitrogen and oxygen atoms in total. The summed E-state index contributed by atoms with van der Waals surface area (Å²) < 4.78 is 9.38. The third kappa shape index (κ3) is 7.24. The van der Waals surface area contributed by atoms with Crippen LogP contribution < -0.4 is 5.73 Å².